The fraction of sp³-hybridized carbons (Fsp3) is 0.179. The summed E-state index contributed by atoms with van der Waals surface area (Å²) in [7, 11) is 0. The number of amides is 2. The van der Waals surface area contributed by atoms with Gasteiger partial charge in [0.25, 0.3) is 5.91 Å². The first kappa shape index (κ1) is 27.1. The molecule has 0 aliphatic carbocycles. The zero-order valence-corrected chi connectivity index (χ0v) is 23.6. The number of aromatic nitrogens is 1. The van der Waals surface area contributed by atoms with Crippen LogP contribution in [0.2, 0.25) is 5.02 Å². The third-order valence-corrected chi connectivity index (χ3v) is 7.74. The molecule has 4 N–H and O–H groups in total. The van der Waals surface area contributed by atoms with Crippen LogP contribution in [0.15, 0.2) is 78.9 Å². The number of hydrogen-bond donors (Lipinski definition) is 3. The second-order valence-corrected chi connectivity index (χ2v) is 11.1. The minimum Gasteiger partial charge on any atom is -0.368 e. The number of anilines is 1. The summed E-state index contributed by atoms with van der Waals surface area (Å²) < 4.78 is 1.08. The van der Waals surface area contributed by atoms with Gasteiger partial charge in [0.1, 0.15) is 6.04 Å². The van der Waals surface area contributed by atoms with Crippen LogP contribution in [0.1, 0.15) is 29.6 Å². The second kappa shape index (κ2) is 13.0. The number of nitrogens with zero attached hydrogens (tertiary/aromatic N) is 1. The van der Waals surface area contributed by atoms with Gasteiger partial charge in [0, 0.05) is 26.3 Å². The van der Waals surface area contributed by atoms with Crippen molar-refractivity contribution in [2.24, 2.45) is 5.73 Å². The lowest BCUT2D eigenvalue weighted by atomic mass is 10.1. The highest BCUT2D eigenvalue weighted by Gasteiger charge is 2.20. The molecule has 0 spiro atoms. The molecular weight excluding hydrogens is 619 g/mol. The van der Waals surface area contributed by atoms with Crippen LogP contribution in [0.25, 0.3) is 21.7 Å². The molecule has 9 heteroatoms. The van der Waals surface area contributed by atoms with Crippen LogP contribution in [-0.4, -0.2) is 29.4 Å². The lowest BCUT2D eigenvalue weighted by Gasteiger charge is -2.14. The van der Waals surface area contributed by atoms with Crippen molar-refractivity contribution in [2.75, 3.05) is 11.9 Å². The van der Waals surface area contributed by atoms with Gasteiger partial charge in [-0.1, -0.05) is 65.4 Å². The highest BCUT2D eigenvalue weighted by Crippen LogP contribution is 2.39. The van der Waals surface area contributed by atoms with Crippen molar-refractivity contribution < 1.29 is 9.59 Å². The minimum atomic E-state index is -0.570. The van der Waals surface area contributed by atoms with E-state index in [4.69, 9.17) is 22.3 Å². The standard InChI is InChI=1S/C28H26ClIN4O2S/c29-21-13-9-18(10-14-21)24-25(19-6-2-1-3-7-19)37-28(34-24)33-23(26(31)35)8-4-5-17-32-27(36)20-11-15-22(30)16-12-20/h1-3,6-7,9-16,23H,4-5,8,17H2,(H2,31,35)(H,32,36)(H,33,34)/t23-/m0/s1. The van der Waals surface area contributed by atoms with Crippen LogP contribution in [0.4, 0.5) is 5.13 Å². The topological polar surface area (TPSA) is 97.1 Å². The van der Waals surface area contributed by atoms with Crippen LogP contribution < -0.4 is 16.4 Å². The van der Waals surface area contributed by atoms with Gasteiger partial charge in [-0.15, -0.1) is 0 Å². The zero-order valence-electron chi connectivity index (χ0n) is 19.9. The molecule has 37 heavy (non-hydrogen) atoms. The van der Waals surface area contributed by atoms with E-state index >= 15 is 0 Å². The Labute approximate surface area is 238 Å². The average molecular weight is 645 g/mol. The number of rotatable bonds is 11. The molecule has 0 unspecified atom stereocenters. The van der Waals surface area contributed by atoms with E-state index in [1.165, 1.54) is 11.3 Å². The highest BCUT2D eigenvalue weighted by atomic mass is 127. The van der Waals surface area contributed by atoms with Gasteiger partial charge in [-0.05, 0) is 83.8 Å². The molecule has 0 saturated heterocycles. The van der Waals surface area contributed by atoms with Crippen molar-refractivity contribution in [2.45, 2.75) is 25.3 Å². The number of carbonyl (C=O) groups excluding carboxylic acids is 2. The van der Waals surface area contributed by atoms with E-state index < -0.39 is 11.9 Å². The van der Waals surface area contributed by atoms with Crippen molar-refractivity contribution in [1.29, 1.82) is 0 Å². The number of thiazole rings is 1. The van der Waals surface area contributed by atoms with Crippen LogP contribution in [0.5, 0.6) is 0 Å². The Morgan fingerprint density at radius 1 is 0.946 bits per heavy atom. The normalized spacial score (nSPS) is 11.6. The van der Waals surface area contributed by atoms with Crippen LogP contribution in [0, 0.1) is 3.57 Å². The highest BCUT2D eigenvalue weighted by molar-refractivity contribution is 14.1. The van der Waals surface area contributed by atoms with E-state index in [0.717, 1.165) is 31.7 Å². The van der Waals surface area contributed by atoms with Crippen molar-refractivity contribution in [1.82, 2.24) is 10.3 Å². The Balaban J connectivity index is 1.39. The molecule has 0 radical (unpaired) electrons. The minimum absolute atomic E-state index is 0.105. The Bertz CT molecular complexity index is 1350. The molecule has 3 aromatic carbocycles. The molecule has 0 fully saturated rings. The molecule has 190 valence electrons. The third kappa shape index (κ3) is 7.53. The van der Waals surface area contributed by atoms with Crippen molar-refractivity contribution in [3.8, 4) is 21.7 Å². The molecule has 4 aromatic rings. The van der Waals surface area contributed by atoms with Gasteiger partial charge >= 0.3 is 0 Å². The Morgan fingerprint density at radius 2 is 1.65 bits per heavy atom. The van der Waals surface area contributed by atoms with Crippen LogP contribution >= 0.6 is 45.5 Å². The summed E-state index contributed by atoms with van der Waals surface area (Å²) in [6.07, 6.45) is 1.98. The van der Waals surface area contributed by atoms with Gasteiger partial charge in [-0.2, -0.15) is 0 Å². The molecular formula is C28H26ClIN4O2S. The molecule has 1 atom stereocenters. The molecule has 0 aliphatic heterocycles. The summed E-state index contributed by atoms with van der Waals surface area (Å²) >= 11 is 9.77. The Hall–Kier alpha value is -2.95. The number of halogens is 2. The number of unbranched alkanes of at least 4 members (excludes halogenated alkanes) is 1. The van der Waals surface area contributed by atoms with E-state index in [2.05, 4.69) is 33.2 Å². The van der Waals surface area contributed by atoms with Crippen molar-refractivity contribution >= 4 is 62.5 Å². The number of benzene rings is 3. The van der Waals surface area contributed by atoms with E-state index in [-0.39, 0.29) is 5.91 Å². The molecule has 0 saturated carbocycles. The quantitative estimate of drug-likeness (QED) is 0.127. The summed E-state index contributed by atoms with van der Waals surface area (Å²) in [5.74, 6) is -0.542. The molecule has 4 rings (SSSR count). The molecule has 0 bridgehead atoms. The second-order valence-electron chi connectivity index (χ2n) is 8.43. The van der Waals surface area contributed by atoms with Gasteiger partial charge in [0.2, 0.25) is 5.91 Å². The van der Waals surface area contributed by atoms with Crippen LogP contribution in [-0.2, 0) is 4.79 Å². The Kier molecular flexibility index (Phi) is 9.54. The molecule has 6 nitrogen and oxygen atoms in total. The molecule has 2 amide bonds. The number of carbonyl (C=O) groups is 2. The van der Waals surface area contributed by atoms with E-state index in [1.54, 1.807) is 12.1 Å². The Morgan fingerprint density at radius 3 is 2.32 bits per heavy atom. The molecule has 0 aliphatic rings. The maximum absolute atomic E-state index is 12.3. The predicted octanol–water partition coefficient (Wildman–Crippen LogP) is 6.60. The van der Waals surface area contributed by atoms with Crippen molar-refractivity contribution in [3.05, 3.63) is 93.0 Å². The van der Waals surface area contributed by atoms with E-state index in [9.17, 15) is 9.59 Å². The van der Waals surface area contributed by atoms with Gasteiger partial charge in [-0.25, -0.2) is 4.98 Å². The average Bonchev–Trinajstić information content (AvgIpc) is 3.33. The summed E-state index contributed by atoms with van der Waals surface area (Å²) in [5, 5.41) is 7.44. The predicted molar refractivity (Wildman–Crippen MR) is 160 cm³/mol. The third-order valence-electron chi connectivity index (χ3n) is 5.73. The summed E-state index contributed by atoms with van der Waals surface area (Å²) in [5.41, 5.74) is 9.13. The first-order valence-corrected chi connectivity index (χ1v) is 14.1. The summed E-state index contributed by atoms with van der Waals surface area (Å²) in [6.45, 7) is 0.520. The van der Waals surface area contributed by atoms with Gasteiger partial charge in [0.05, 0.1) is 10.6 Å². The fourth-order valence-electron chi connectivity index (χ4n) is 3.78. The zero-order chi connectivity index (χ0) is 26.2. The first-order chi connectivity index (χ1) is 17.9. The monoisotopic (exact) mass is 644 g/mol. The fourth-order valence-corrected chi connectivity index (χ4v) is 5.31. The number of primary amides is 1. The SMILES string of the molecule is NC(=O)[C@H](CCCCNC(=O)c1ccc(I)cc1)Nc1nc(-c2ccc(Cl)cc2)c(-c2ccccc2)s1. The first-order valence-electron chi connectivity index (χ1n) is 11.8. The largest absolute Gasteiger partial charge is 0.368 e. The number of nitrogens with one attached hydrogen (secondary N) is 2. The lowest BCUT2D eigenvalue weighted by Crippen LogP contribution is -2.35. The summed E-state index contributed by atoms with van der Waals surface area (Å²) in [4.78, 5) is 30.3. The molecule has 1 heterocycles. The van der Waals surface area contributed by atoms with Gasteiger partial charge < -0.3 is 16.4 Å². The number of nitrogens with two attached hydrogens (primary N) is 1. The van der Waals surface area contributed by atoms with Gasteiger partial charge in [0.15, 0.2) is 5.13 Å². The molecule has 1 aromatic heterocycles. The lowest BCUT2D eigenvalue weighted by molar-refractivity contribution is -0.118. The van der Waals surface area contributed by atoms with Crippen LogP contribution in [0.3, 0.4) is 0 Å². The smallest absolute Gasteiger partial charge is 0.251 e. The number of hydrogen-bond acceptors (Lipinski definition) is 5. The van der Waals surface area contributed by atoms with E-state index in [0.29, 0.717) is 35.1 Å². The maximum atomic E-state index is 12.3. The van der Waals surface area contributed by atoms with Gasteiger partial charge in [-0.3, -0.25) is 9.59 Å². The van der Waals surface area contributed by atoms with E-state index in [1.807, 2.05) is 66.7 Å². The van der Waals surface area contributed by atoms with Crippen molar-refractivity contribution in [3.63, 3.8) is 0 Å². The summed E-state index contributed by atoms with van der Waals surface area (Å²) in [6, 6.07) is 24.4. The maximum Gasteiger partial charge on any atom is 0.251 e.